The van der Waals surface area contributed by atoms with Crippen molar-refractivity contribution in [3.63, 3.8) is 0 Å². The molecule has 0 spiro atoms. The highest BCUT2D eigenvalue weighted by Gasteiger charge is 2.03. The molecule has 13 heavy (non-hydrogen) atoms. The Morgan fingerprint density at radius 3 is 2.46 bits per heavy atom. The monoisotopic (exact) mass is 205 g/mol. The summed E-state index contributed by atoms with van der Waals surface area (Å²) in [6.45, 7) is 2.00. The number of hydrogen-bond acceptors (Lipinski definition) is 3. The lowest BCUT2D eigenvalue weighted by atomic mass is 10.1. The average molecular weight is 205 g/mol. The maximum Gasteiger partial charge on any atom is 0.288 e. The van der Waals surface area contributed by atoms with E-state index in [2.05, 4.69) is 0 Å². The summed E-state index contributed by atoms with van der Waals surface area (Å²) in [5.41, 5.74) is -0.00375. The molecule has 75 valence electrons. The average Bonchev–Trinajstić information content (AvgIpc) is 2.01. The molecule has 0 aromatic rings. The van der Waals surface area contributed by atoms with E-state index in [9.17, 15) is 13.2 Å². The number of hydrogen-bond donors (Lipinski definition) is 1. The van der Waals surface area contributed by atoms with Crippen LogP contribution in [0.3, 0.4) is 0 Å². The first kappa shape index (κ1) is 12.3. The van der Waals surface area contributed by atoms with Gasteiger partial charge in [-0.3, -0.25) is 9.35 Å². The maximum absolute atomic E-state index is 10.3. The fourth-order valence-corrected chi connectivity index (χ4v) is 1.40. The van der Waals surface area contributed by atoms with E-state index in [1.54, 1.807) is 0 Å². The summed E-state index contributed by atoms with van der Waals surface area (Å²) in [6, 6.07) is 0. The summed E-state index contributed by atoms with van der Waals surface area (Å²) in [6.07, 6.45) is 4.47. The van der Waals surface area contributed by atoms with Gasteiger partial charge in [0.05, 0.1) is 5.41 Å². The Morgan fingerprint density at radius 2 is 2.08 bits per heavy atom. The van der Waals surface area contributed by atoms with Crippen molar-refractivity contribution in [3.8, 4) is 0 Å². The molecule has 0 aliphatic carbocycles. The highest BCUT2D eigenvalue weighted by Crippen LogP contribution is 2.07. The van der Waals surface area contributed by atoms with Gasteiger partial charge in [-0.25, -0.2) is 0 Å². The van der Waals surface area contributed by atoms with Gasteiger partial charge in [0, 0.05) is 5.57 Å². The molecule has 4 nitrogen and oxygen atoms in total. The van der Waals surface area contributed by atoms with Crippen LogP contribution in [-0.2, 0) is 14.9 Å². The molecule has 0 fully saturated rings. The third-order valence-corrected chi connectivity index (χ3v) is 2.05. The van der Waals surface area contributed by atoms with E-state index in [1.807, 2.05) is 6.92 Å². The molecular weight excluding hydrogens is 192 g/mol. The summed E-state index contributed by atoms with van der Waals surface area (Å²) in [5.74, 6) is 0. The van der Waals surface area contributed by atoms with E-state index in [-0.39, 0.29) is 5.57 Å². The second-order valence-corrected chi connectivity index (χ2v) is 3.98. The lowest BCUT2D eigenvalue weighted by molar-refractivity contribution is 0.493. The van der Waals surface area contributed by atoms with Crippen molar-refractivity contribution in [2.24, 2.45) is 0 Å². The van der Waals surface area contributed by atoms with Crippen molar-refractivity contribution in [2.45, 2.75) is 32.6 Å². The molecule has 0 rings (SSSR count). The summed E-state index contributed by atoms with van der Waals surface area (Å²) in [5, 5.41) is 0.551. The van der Waals surface area contributed by atoms with E-state index >= 15 is 0 Å². The zero-order valence-corrected chi connectivity index (χ0v) is 8.30. The van der Waals surface area contributed by atoms with Gasteiger partial charge < -0.3 is 0 Å². The van der Waals surface area contributed by atoms with E-state index in [0.29, 0.717) is 11.8 Å². The van der Waals surface area contributed by atoms with Crippen LogP contribution in [0, 0.1) is 0 Å². The molecule has 0 unspecified atom stereocenters. The van der Waals surface area contributed by atoms with Crippen LogP contribution in [0.5, 0.6) is 0 Å². The Kier molecular flexibility index (Phi) is 5.57. The lowest BCUT2D eigenvalue weighted by Gasteiger charge is -1.96. The van der Waals surface area contributed by atoms with Crippen molar-refractivity contribution in [1.82, 2.24) is 0 Å². The van der Waals surface area contributed by atoms with Gasteiger partial charge in [0.1, 0.15) is 0 Å². The van der Waals surface area contributed by atoms with Crippen LogP contribution in [0.2, 0.25) is 0 Å². The lowest BCUT2D eigenvalue weighted by Crippen LogP contribution is -1.95. The Labute approximate surface area is 78.4 Å². The van der Waals surface area contributed by atoms with Crippen LogP contribution < -0.4 is 0 Å². The van der Waals surface area contributed by atoms with Crippen LogP contribution in [0.15, 0.2) is 11.0 Å². The normalized spacial score (nSPS) is 12.9. The number of unbranched alkanes of at least 4 members (excludes halogenated alkanes) is 2. The number of carbonyl (C=O) groups excluding carboxylic acids is 1. The van der Waals surface area contributed by atoms with Crippen LogP contribution in [0.25, 0.3) is 0 Å². The molecule has 0 aliphatic heterocycles. The Hall–Kier alpha value is -0.680. The van der Waals surface area contributed by atoms with Gasteiger partial charge in [-0.2, -0.15) is 8.42 Å². The maximum atomic E-state index is 10.3. The third-order valence-electron chi connectivity index (χ3n) is 1.47. The first-order chi connectivity index (χ1) is 5.99. The molecule has 0 amide bonds. The molecule has 0 heterocycles. The van der Waals surface area contributed by atoms with E-state index in [0.717, 1.165) is 19.3 Å². The third kappa shape index (κ3) is 7.67. The van der Waals surface area contributed by atoms with E-state index in [1.165, 1.54) is 6.29 Å². The highest BCUT2D eigenvalue weighted by molar-refractivity contribution is 7.88. The predicted molar refractivity (Wildman–Crippen MR) is 49.5 cm³/mol. The van der Waals surface area contributed by atoms with E-state index in [4.69, 9.17) is 4.55 Å². The Balaban J connectivity index is 4.19. The minimum Gasteiger partial charge on any atom is -0.285 e. The Bertz CT molecular complexity index is 277. The van der Waals surface area contributed by atoms with Gasteiger partial charge in [0.2, 0.25) is 6.29 Å². The zero-order valence-electron chi connectivity index (χ0n) is 7.49. The van der Waals surface area contributed by atoms with E-state index < -0.39 is 10.1 Å². The molecule has 5 heteroatoms. The molecule has 0 bridgehead atoms. The predicted octanol–water partition coefficient (Wildman–Crippen LogP) is 1.45. The second kappa shape index (κ2) is 5.88. The standard InChI is InChI=1S/C8H13O4S/c1-2-3-4-5-8(6-9)7-13(10,11)12/h7H,2-5H2,1H3,(H,10,11,12). The topological polar surface area (TPSA) is 71.4 Å². The van der Waals surface area contributed by atoms with Gasteiger partial charge >= 0.3 is 0 Å². The first-order valence-electron chi connectivity index (χ1n) is 4.06. The van der Waals surface area contributed by atoms with Crippen LogP contribution in [0.4, 0.5) is 0 Å². The molecule has 0 saturated carbocycles. The molecule has 0 aromatic heterocycles. The van der Waals surface area contributed by atoms with Gasteiger partial charge in [-0.15, -0.1) is 0 Å². The minimum absolute atomic E-state index is 0.00375. The zero-order chi connectivity index (χ0) is 10.3. The van der Waals surface area contributed by atoms with Crippen molar-refractivity contribution in [1.29, 1.82) is 0 Å². The smallest absolute Gasteiger partial charge is 0.285 e. The van der Waals surface area contributed by atoms with Crippen molar-refractivity contribution < 1.29 is 17.8 Å². The molecule has 0 atom stereocenters. The molecule has 0 saturated heterocycles. The largest absolute Gasteiger partial charge is 0.288 e. The molecule has 0 aromatic carbocycles. The van der Waals surface area contributed by atoms with Crippen molar-refractivity contribution in [3.05, 3.63) is 11.0 Å². The van der Waals surface area contributed by atoms with Gasteiger partial charge in [0.15, 0.2) is 0 Å². The van der Waals surface area contributed by atoms with Crippen molar-refractivity contribution in [2.75, 3.05) is 0 Å². The van der Waals surface area contributed by atoms with Gasteiger partial charge in [0.25, 0.3) is 10.1 Å². The SMILES string of the molecule is CCCCCC([C]=O)=CS(=O)(=O)O. The summed E-state index contributed by atoms with van der Waals surface area (Å²) in [4.78, 5) is 10.2. The van der Waals surface area contributed by atoms with Crippen LogP contribution >= 0.6 is 0 Å². The minimum atomic E-state index is -4.20. The molecule has 1 radical (unpaired) electrons. The van der Waals surface area contributed by atoms with Gasteiger partial charge in [-0.1, -0.05) is 19.8 Å². The van der Waals surface area contributed by atoms with Gasteiger partial charge in [-0.05, 0) is 12.8 Å². The summed E-state index contributed by atoms with van der Waals surface area (Å²) < 4.78 is 29.1. The highest BCUT2D eigenvalue weighted by atomic mass is 32.2. The molecule has 0 aliphatic rings. The summed E-state index contributed by atoms with van der Waals surface area (Å²) in [7, 11) is -4.20. The number of rotatable bonds is 6. The Morgan fingerprint density at radius 1 is 1.46 bits per heavy atom. The number of allylic oxidation sites excluding steroid dienone is 1. The second-order valence-electron chi connectivity index (χ2n) is 2.72. The molecule has 1 N–H and O–H groups in total. The fourth-order valence-electron chi connectivity index (χ4n) is 0.879. The van der Waals surface area contributed by atoms with Crippen LogP contribution in [-0.4, -0.2) is 19.3 Å². The summed E-state index contributed by atoms with van der Waals surface area (Å²) >= 11 is 0. The quantitative estimate of drug-likeness (QED) is 0.404. The molecular formula is C8H13O4S. The first-order valence-corrected chi connectivity index (χ1v) is 5.56. The van der Waals surface area contributed by atoms with Crippen LogP contribution in [0.1, 0.15) is 32.6 Å². The fraction of sp³-hybridized carbons (Fsp3) is 0.625. The van der Waals surface area contributed by atoms with Crippen molar-refractivity contribution >= 4 is 16.4 Å².